The molecule has 1 amide bonds. The third-order valence-electron chi connectivity index (χ3n) is 5.06. The van der Waals surface area contributed by atoms with Gasteiger partial charge in [0, 0.05) is 13.7 Å². The largest absolute Gasteiger partial charge is 0.383 e. The minimum atomic E-state index is -3.25. The highest BCUT2D eigenvalue weighted by Crippen LogP contribution is 2.22. The van der Waals surface area contributed by atoms with Crippen molar-refractivity contribution >= 4 is 37.3 Å². The molecule has 0 unspecified atom stereocenters. The van der Waals surface area contributed by atoms with Gasteiger partial charge in [0.05, 0.1) is 33.9 Å². The molecule has 6 nitrogen and oxygen atoms in total. The summed E-state index contributed by atoms with van der Waals surface area (Å²) in [7, 11) is -1.60. The number of carbonyl (C=O) groups is 1. The molecule has 160 valence electrons. The maximum Gasteiger partial charge on any atom is 0.252 e. The van der Waals surface area contributed by atoms with Crippen molar-refractivity contribution in [3.63, 3.8) is 0 Å². The van der Waals surface area contributed by atoms with Crippen LogP contribution < -0.4 is 4.80 Å². The average Bonchev–Trinajstić information content (AvgIpc) is 3.02. The molecule has 8 heteroatoms. The Bertz CT molecular complexity index is 1240. The number of ether oxygens (including phenoxy) is 1. The molecule has 2 aromatic carbocycles. The molecule has 3 aromatic rings. The van der Waals surface area contributed by atoms with Crippen molar-refractivity contribution in [3.05, 3.63) is 57.9 Å². The molecule has 0 N–H and O–H groups in total. The molecular weight excluding hydrogens is 420 g/mol. The lowest BCUT2D eigenvalue weighted by Gasteiger charge is -2.06. The third-order valence-corrected chi connectivity index (χ3v) is 7.85. The van der Waals surface area contributed by atoms with E-state index in [2.05, 4.69) is 31.0 Å². The molecule has 3 rings (SSSR count). The van der Waals surface area contributed by atoms with Crippen molar-refractivity contribution in [3.8, 4) is 0 Å². The Hall–Kier alpha value is -2.29. The molecule has 0 aliphatic heterocycles. The Morgan fingerprint density at radius 1 is 1.13 bits per heavy atom. The summed E-state index contributed by atoms with van der Waals surface area (Å²) < 4.78 is 32.2. The number of fused-ring (bicyclic) bond motifs is 1. The topological polar surface area (TPSA) is 77.7 Å². The average molecular weight is 447 g/mol. The number of aryl methyl sites for hydroxylation is 2. The van der Waals surface area contributed by atoms with E-state index >= 15 is 0 Å². The number of benzene rings is 2. The molecule has 0 aliphatic rings. The van der Waals surface area contributed by atoms with E-state index in [1.165, 1.54) is 22.5 Å². The van der Waals surface area contributed by atoms with Gasteiger partial charge in [-0.05, 0) is 54.8 Å². The van der Waals surface area contributed by atoms with Crippen LogP contribution in [0.1, 0.15) is 23.6 Å². The minimum absolute atomic E-state index is 0.0486. The number of hydrogen-bond donors (Lipinski definition) is 0. The van der Waals surface area contributed by atoms with E-state index in [4.69, 9.17) is 4.74 Å². The van der Waals surface area contributed by atoms with Crippen LogP contribution in [-0.4, -0.2) is 38.4 Å². The summed E-state index contributed by atoms with van der Waals surface area (Å²) in [6, 6.07) is 10.7. The van der Waals surface area contributed by atoms with Crippen molar-refractivity contribution in [1.82, 2.24) is 4.57 Å². The van der Waals surface area contributed by atoms with Crippen LogP contribution in [-0.2, 0) is 32.3 Å². The Kier molecular flexibility index (Phi) is 6.90. The maximum atomic E-state index is 12.6. The summed E-state index contributed by atoms with van der Waals surface area (Å²) in [5, 5.41) is 0. The SMILES string of the molecule is CCS(=O)(=O)c1ccc(CC(=O)N=c2sc3cc(C)c(C)cc3n2CCOC)cc1. The first-order chi connectivity index (χ1) is 14.2. The zero-order chi connectivity index (χ0) is 21.9. The van der Waals surface area contributed by atoms with Crippen molar-refractivity contribution < 1.29 is 17.9 Å². The smallest absolute Gasteiger partial charge is 0.252 e. The molecule has 0 saturated heterocycles. The number of carbonyl (C=O) groups excluding carboxylic acids is 1. The number of nitrogens with zero attached hydrogens (tertiary/aromatic N) is 2. The summed E-state index contributed by atoms with van der Waals surface area (Å²) in [5.74, 6) is -0.222. The molecule has 0 bridgehead atoms. The van der Waals surface area contributed by atoms with Gasteiger partial charge in [0.1, 0.15) is 0 Å². The number of thiazole rings is 1. The molecular formula is C22H26N2O4S2. The number of rotatable bonds is 7. The quantitative estimate of drug-likeness (QED) is 0.557. The van der Waals surface area contributed by atoms with Crippen LogP contribution in [0.4, 0.5) is 0 Å². The fourth-order valence-corrected chi connectivity index (χ4v) is 5.15. The van der Waals surface area contributed by atoms with Crippen LogP contribution in [0.15, 0.2) is 46.3 Å². The summed E-state index contributed by atoms with van der Waals surface area (Å²) in [6.07, 6.45) is 0.114. The normalized spacial score (nSPS) is 12.6. The van der Waals surface area contributed by atoms with Gasteiger partial charge in [-0.1, -0.05) is 30.4 Å². The van der Waals surface area contributed by atoms with Crippen LogP contribution in [0.2, 0.25) is 0 Å². The van der Waals surface area contributed by atoms with Gasteiger partial charge in [-0.25, -0.2) is 8.42 Å². The number of hydrogen-bond acceptors (Lipinski definition) is 5. The van der Waals surface area contributed by atoms with Gasteiger partial charge >= 0.3 is 0 Å². The van der Waals surface area contributed by atoms with Gasteiger partial charge < -0.3 is 9.30 Å². The van der Waals surface area contributed by atoms with Gasteiger partial charge in [0.25, 0.3) is 5.91 Å². The number of amides is 1. The Balaban J connectivity index is 1.92. The predicted octanol–water partition coefficient (Wildman–Crippen LogP) is 3.43. The fourth-order valence-electron chi connectivity index (χ4n) is 3.11. The van der Waals surface area contributed by atoms with Gasteiger partial charge in [0.15, 0.2) is 14.6 Å². The fraction of sp³-hybridized carbons (Fsp3) is 0.364. The second-order valence-corrected chi connectivity index (χ2v) is 10.5. The molecule has 0 saturated carbocycles. The minimum Gasteiger partial charge on any atom is -0.383 e. The molecule has 30 heavy (non-hydrogen) atoms. The van der Waals surface area contributed by atoms with Gasteiger partial charge in [0.2, 0.25) is 0 Å². The summed E-state index contributed by atoms with van der Waals surface area (Å²) in [5.41, 5.74) is 4.16. The van der Waals surface area contributed by atoms with Crippen LogP contribution in [0.3, 0.4) is 0 Å². The monoisotopic (exact) mass is 446 g/mol. The van der Waals surface area contributed by atoms with Crippen LogP contribution >= 0.6 is 11.3 Å². The highest BCUT2D eigenvalue weighted by Gasteiger charge is 2.13. The molecule has 0 radical (unpaired) electrons. The molecule has 1 aromatic heterocycles. The van der Waals surface area contributed by atoms with Crippen LogP contribution in [0.5, 0.6) is 0 Å². The van der Waals surface area contributed by atoms with E-state index in [1.54, 1.807) is 38.3 Å². The summed E-state index contributed by atoms with van der Waals surface area (Å²) in [4.78, 5) is 17.9. The molecule has 0 atom stereocenters. The molecule has 0 aliphatic carbocycles. The summed E-state index contributed by atoms with van der Waals surface area (Å²) >= 11 is 1.49. The van der Waals surface area contributed by atoms with Crippen molar-refractivity contribution in [1.29, 1.82) is 0 Å². The number of aromatic nitrogens is 1. The van der Waals surface area contributed by atoms with Crippen molar-refractivity contribution in [2.24, 2.45) is 4.99 Å². The standard InChI is InChI=1S/C22H26N2O4S2/c1-5-30(26,27)18-8-6-17(7-9-18)14-21(25)23-22-24(10-11-28-4)19-12-15(2)16(3)13-20(19)29-22/h6-9,12-13H,5,10-11,14H2,1-4H3. The molecule has 1 heterocycles. The van der Waals surface area contributed by atoms with E-state index in [9.17, 15) is 13.2 Å². The predicted molar refractivity (Wildman–Crippen MR) is 120 cm³/mol. The maximum absolute atomic E-state index is 12.6. The Morgan fingerprint density at radius 3 is 2.43 bits per heavy atom. The number of sulfone groups is 1. The van der Waals surface area contributed by atoms with Crippen LogP contribution in [0.25, 0.3) is 10.2 Å². The van der Waals surface area contributed by atoms with E-state index in [-0.39, 0.29) is 23.0 Å². The Morgan fingerprint density at radius 2 is 1.80 bits per heavy atom. The van der Waals surface area contributed by atoms with Crippen LogP contribution in [0, 0.1) is 13.8 Å². The highest BCUT2D eigenvalue weighted by molar-refractivity contribution is 7.91. The van der Waals surface area contributed by atoms with E-state index in [1.807, 2.05) is 4.57 Å². The first-order valence-corrected chi connectivity index (χ1v) is 12.2. The van der Waals surface area contributed by atoms with Gasteiger partial charge in [-0.3, -0.25) is 4.79 Å². The van der Waals surface area contributed by atoms with Crippen molar-refractivity contribution in [2.45, 2.75) is 38.6 Å². The number of methoxy groups -OCH3 is 1. The van der Waals surface area contributed by atoms with Crippen molar-refractivity contribution in [2.75, 3.05) is 19.5 Å². The van der Waals surface area contributed by atoms with E-state index in [0.717, 1.165) is 15.8 Å². The zero-order valence-corrected chi connectivity index (χ0v) is 19.3. The lowest BCUT2D eigenvalue weighted by atomic mass is 10.1. The van der Waals surface area contributed by atoms with Gasteiger partial charge in [-0.2, -0.15) is 4.99 Å². The second kappa shape index (κ2) is 9.24. The van der Waals surface area contributed by atoms with E-state index in [0.29, 0.717) is 18.0 Å². The lowest BCUT2D eigenvalue weighted by molar-refractivity contribution is -0.117. The molecule has 0 spiro atoms. The van der Waals surface area contributed by atoms with E-state index < -0.39 is 9.84 Å². The third kappa shape index (κ3) is 4.88. The Labute approximate surface area is 180 Å². The summed E-state index contributed by atoms with van der Waals surface area (Å²) in [6.45, 7) is 6.87. The second-order valence-electron chi connectivity index (χ2n) is 7.16. The first kappa shape index (κ1) is 22.4. The highest BCUT2D eigenvalue weighted by atomic mass is 32.2. The van der Waals surface area contributed by atoms with Gasteiger partial charge in [-0.15, -0.1) is 0 Å². The first-order valence-electron chi connectivity index (χ1n) is 9.74. The zero-order valence-electron chi connectivity index (χ0n) is 17.6. The molecule has 0 fully saturated rings. The lowest BCUT2D eigenvalue weighted by Crippen LogP contribution is -2.19.